The lowest BCUT2D eigenvalue weighted by molar-refractivity contribution is 0.202. The molecule has 0 saturated carbocycles. The van der Waals surface area contributed by atoms with Crippen LogP contribution in [0.4, 0.5) is 4.39 Å². The van der Waals surface area contributed by atoms with Crippen LogP contribution in [0.15, 0.2) is 48.5 Å². The average Bonchev–Trinajstić information content (AvgIpc) is 2.47. The second kappa shape index (κ2) is 7.17. The SMILES string of the molecule is CNC(c1ccc(CCOC)cc1)c1cccc(F)c1. The zero-order valence-corrected chi connectivity index (χ0v) is 11.9. The highest BCUT2D eigenvalue weighted by atomic mass is 19.1. The van der Waals surface area contributed by atoms with Crippen LogP contribution in [0.2, 0.25) is 0 Å². The van der Waals surface area contributed by atoms with Crippen molar-refractivity contribution in [1.82, 2.24) is 5.32 Å². The predicted molar refractivity (Wildman–Crippen MR) is 79.3 cm³/mol. The Morgan fingerprint density at radius 2 is 1.85 bits per heavy atom. The molecule has 1 N–H and O–H groups in total. The van der Waals surface area contributed by atoms with E-state index in [1.54, 1.807) is 19.2 Å². The van der Waals surface area contributed by atoms with Gasteiger partial charge in [-0.15, -0.1) is 0 Å². The first-order valence-corrected chi connectivity index (χ1v) is 6.75. The van der Waals surface area contributed by atoms with Crippen molar-refractivity contribution < 1.29 is 9.13 Å². The number of methoxy groups -OCH3 is 1. The van der Waals surface area contributed by atoms with E-state index >= 15 is 0 Å². The molecule has 0 heterocycles. The van der Waals surface area contributed by atoms with Gasteiger partial charge in [0.25, 0.3) is 0 Å². The number of nitrogens with one attached hydrogen (secondary N) is 1. The van der Waals surface area contributed by atoms with Crippen LogP contribution in [-0.4, -0.2) is 20.8 Å². The molecular weight excluding hydrogens is 253 g/mol. The highest BCUT2D eigenvalue weighted by molar-refractivity contribution is 5.33. The molecular formula is C17H20FNO. The lowest BCUT2D eigenvalue weighted by Crippen LogP contribution is -2.17. The largest absolute Gasteiger partial charge is 0.384 e. The Labute approximate surface area is 119 Å². The minimum atomic E-state index is -0.209. The molecule has 0 aromatic heterocycles. The van der Waals surface area contributed by atoms with Crippen molar-refractivity contribution in [2.45, 2.75) is 12.5 Å². The van der Waals surface area contributed by atoms with E-state index in [4.69, 9.17) is 4.74 Å². The summed E-state index contributed by atoms with van der Waals surface area (Å²) in [7, 11) is 3.59. The van der Waals surface area contributed by atoms with E-state index in [0.717, 1.165) is 24.2 Å². The zero-order valence-electron chi connectivity index (χ0n) is 11.9. The first kappa shape index (κ1) is 14.7. The van der Waals surface area contributed by atoms with Gasteiger partial charge in [-0.2, -0.15) is 0 Å². The van der Waals surface area contributed by atoms with E-state index in [1.165, 1.54) is 11.6 Å². The lowest BCUT2D eigenvalue weighted by atomic mass is 9.97. The number of ether oxygens (including phenoxy) is 1. The molecule has 2 aromatic carbocycles. The summed E-state index contributed by atoms with van der Waals surface area (Å²) in [4.78, 5) is 0. The van der Waals surface area contributed by atoms with Gasteiger partial charge in [-0.25, -0.2) is 4.39 Å². The number of halogens is 1. The molecule has 20 heavy (non-hydrogen) atoms. The van der Waals surface area contributed by atoms with Gasteiger partial charge >= 0.3 is 0 Å². The molecule has 0 amide bonds. The second-order valence-corrected chi connectivity index (χ2v) is 4.76. The summed E-state index contributed by atoms with van der Waals surface area (Å²) in [6.45, 7) is 0.721. The Hall–Kier alpha value is -1.71. The Morgan fingerprint density at radius 3 is 2.45 bits per heavy atom. The van der Waals surface area contributed by atoms with Crippen molar-refractivity contribution in [3.63, 3.8) is 0 Å². The molecule has 0 radical (unpaired) electrons. The van der Waals surface area contributed by atoms with Gasteiger partial charge in [0, 0.05) is 7.11 Å². The summed E-state index contributed by atoms with van der Waals surface area (Å²) in [6.07, 6.45) is 0.904. The number of hydrogen-bond donors (Lipinski definition) is 1. The van der Waals surface area contributed by atoms with E-state index in [-0.39, 0.29) is 11.9 Å². The third-order valence-electron chi connectivity index (χ3n) is 3.38. The first-order chi connectivity index (χ1) is 9.74. The quantitative estimate of drug-likeness (QED) is 0.871. The molecule has 0 aliphatic rings. The Bertz CT molecular complexity index is 539. The number of rotatable bonds is 6. The van der Waals surface area contributed by atoms with Crippen molar-refractivity contribution in [3.8, 4) is 0 Å². The van der Waals surface area contributed by atoms with E-state index in [0.29, 0.717) is 0 Å². The molecule has 0 aliphatic carbocycles. The normalized spacial score (nSPS) is 12.3. The third-order valence-corrected chi connectivity index (χ3v) is 3.38. The fraction of sp³-hybridized carbons (Fsp3) is 0.294. The minimum Gasteiger partial charge on any atom is -0.384 e. The Morgan fingerprint density at radius 1 is 1.10 bits per heavy atom. The summed E-state index contributed by atoms with van der Waals surface area (Å²) in [5.41, 5.74) is 3.29. The predicted octanol–water partition coefficient (Wildman–Crippen LogP) is 3.32. The maximum atomic E-state index is 13.3. The van der Waals surface area contributed by atoms with Crippen LogP contribution in [0.5, 0.6) is 0 Å². The van der Waals surface area contributed by atoms with Gasteiger partial charge in [0.2, 0.25) is 0 Å². The lowest BCUT2D eigenvalue weighted by Gasteiger charge is -2.17. The van der Waals surface area contributed by atoms with Gasteiger partial charge in [-0.05, 0) is 42.3 Å². The van der Waals surface area contributed by atoms with Crippen LogP contribution in [0.3, 0.4) is 0 Å². The number of benzene rings is 2. The molecule has 106 valence electrons. The molecule has 2 nitrogen and oxygen atoms in total. The van der Waals surface area contributed by atoms with Gasteiger partial charge < -0.3 is 10.1 Å². The van der Waals surface area contributed by atoms with E-state index < -0.39 is 0 Å². The van der Waals surface area contributed by atoms with Crippen LogP contribution in [0.1, 0.15) is 22.7 Å². The number of hydrogen-bond acceptors (Lipinski definition) is 2. The molecule has 0 spiro atoms. The van der Waals surface area contributed by atoms with Crippen molar-refractivity contribution in [2.24, 2.45) is 0 Å². The standard InChI is InChI=1S/C17H20FNO/c1-19-17(15-4-3-5-16(18)12-15)14-8-6-13(7-9-14)10-11-20-2/h3-9,12,17,19H,10-11H2,1-2H3. The van der Waals surface area contributed by atoms with Crippen molar-refractivity contribution in [1.29, 1.82) is 0 Å². The van der Waals surface area contributed by atoms with Crippen molar-refractivity contribution in [3.05, 3.63) is 71.0 Å². The van der Waals surface area contributed by atoms with Crippen LogP contribution in [0, 0.1) is 5.82 Å². The van der Waals surface area contributed by atoms with Crippen LogP contribution < -0.4 is 5.32 Å². The fourth-order valence-corrected chi connectivity index (χ4v) is 2.31. The average molecular weight is 273 g/mol. The van der Waals surface area contributed by atoms with Crippen molar-refractivity contribution in [2.75, 3.05) is 20.8 Å². The van der Waals surface area contributed by atoms with E-state index in [2.05, 4.69) is 29.6 Å². The Kier molecular flexibility index (Phi) is 5.27. The first-order valence-electron chi connectivity index (χ1n) is 6.75. The topological polar surface area (TPSA) is 21.3 Å². The van der Waals surface area contributed by atoms with Gasteiger partial charge in [0.05, 0.1) is 12.6 Å². The highest BCUT2D eigenvalue weighted by Crippen LogP contribution is 2.22. The molecule has 0 aliphatic heterocycles. The molecule has 2 aromatic rings. The minimum absolute atomic E-state index is 0.00201. The summed E-state index contributed by atoms with van der Waals surface area (Å²) >= 11 is 0. The summed E-state index contributed by atoms with van der Waals surface area (Å²) in [5, 5.41) is 3.23. The second-order valence-electron chi connectivity index (χ2n) is 4.76. The molecule has 1 unspecified atom stereocenters. The molecule has 1 atom stereocenters. The summed E-state index contributed by atoms with van der Waals surface area (Å²) in [6, 6.07) is 15.1. The molecule has 3 heteroatoms. The smallest absolute Gasteiger partial charge is 0.123 e. The van der Waals surface area contributed by atoms with Gasteiger partial charge in [-0.3, -0.25) is 0 Å². The van der Waals surface area contributed by atoms with Gasteiger partial charge in [-0.1, -0.05) is 36.4 Å². The van der Waals surface area contributed by atoms with E-state index in [1.807, 2.05) is 13.1 Å². The molecule has 0 bridgehead atoms. The van der Waals surface area contributed by atoms with Crippen LogP contribution in [0.25, 0.3) is 0 Å². The zero-order chi connectivity index (χ0) is 14.4. The summed E-state index contributed by atoms with van der Waals surface area (Å²) < 4.78 is 18.4. The maximum Gasteiger partial charge on any atom is 0.123 e. The molecule has 2 rings (SSSR count). The van der Waals surface area contributed by atoms with E-state index in [9.17, 15) is 4.39 Å². The fourth-order valence-electron chi connectivity index (χ4n) is 2.31. The van der Waals surface area contributed by atoms with Gasteiger partial charge in [0.15, 0.2) is 0 Å². The molecule has 0 fully saturated rings. The van der Waals surface area contributed by atoms with Crippen molar-refractivity contribution >= 4 is 0 Å². The molecule has 0 saturated heterocycles. The Balaban J connectivity index is 2.19. The van der Waals surface area contributed by atoms with Gasteiger partial charge in [0.1, 0.15) is 5.82 Å². The van der Waals surface area contributed by atoms with Crippen LogP contribution >= 0.6 is 0 Å². The highest BCUT2D eigenvalue weighted by Gasteiger charge is 2.12. The third kappa shape index (κ3) is 3.65. The van der Waals surface area contributed by atoms with Crippen LogP contribution in [-0.2, 0) is 11.2 Å². The summed E-state index contributed by atoms with van der Waals surface area (Å²) in [5.74, 6) is -0.209. The maximum absolute atomic E-state index is 13.3. The monoisotopic (exact) mass is 273 g/mol.